The van der Waals surface area contributed by atoms with Gasteiger partial charge in [0.05, 0.1) is 0 Å². The molecule has 1 atom stereocenters. The molecule has 3 nitrogen and oxygen atoms in total. The van der Waals surface area contributed by atoms with Crippen molar-refractivity contribution in [3.05, 3.63) is 21.3 Å². The van der Waals surface area contributed by atoms with Crippen LogP contribution < -0.4 is 10.9 Å². The van der Waals surface area contributed by atoms with Gasteiger partial charge in [-0.05, 0) is 0 Å². The Kier molecular flexibility index (Phi) is 2.53. The zero-order chi connectivity index (χ0) is 8.39. The third-order valence-electron chi connectivity index (χ3n) is 1.90. The summed E-state index contributed by atoms with van der Waals surface area (Å²) in [5, 5.41) is 5.24. The minimum absolute atomic E-state index is 0.0694. The summed E-state index contributed by atoms with van der Waals surface area (Å²) in [6.45, 7) is 1.00. The lowest BCUT2D eigenvalue weighted by molar-refractivity contribution is 0.592. The molecule has 0 aliphatic carbocycles. The second-order valence-corrected chi connectivity index (χ2v) is 4.53. The van der Waals surface area contributed by atoms with E-state index in [0.29, 0.717) is 0 Å². The average Bonchev–Trinajstić information content (AvgIpc) is 2.53. The molecule has 0 bridgehead atoms. The van der Waals surface area contributed by atoms with Crippen molar-refractivity contribution in [2.45, 2.75) is 6.04 Å². The molecule has 0 amide bonds. The minimum Gasteiger partial charge on any atom is -0.308 e. The van der Waals surface area contributed by atoms with Crippen molar-refractivity contribution in [3.63, 3.8) is 0 Å². The number of H-pyrrole nitrogens is 1. The zero-order valence-electron chi connectivity index (χ0n) is 6.50. The maximum Gasteiger partial charge on any atom is 0.262 e. The third-order valence-corrected chi connectivity index (χ3v) is 3.63. The fraction of sp³-hybridized carbons (Fsp3) is 0.571. The van der Waals surface area contributed by atoms with Crippen LogP contribution in [0.5, 0.6) is 0 Å². The topological polar surface area (TPSA) is 44.9 Å². The van der Waals surface area contributed by atoms with Crippen molar-refractivity contribution in [2.75, 3.05) is 18.1 Å². The SMILES string of the molecule is O=c1[nH]scc1C1CSCCN1. The van der Waals surface area contributed by atoms with E-state index >= 15 is 0 Å². The van der Waals surface area contributed by atoms with Gasteiger partial charge in [0.2, 0.25) is 0 Å². The van der Waals surface area contributed by atoms with Crippen LogP contribution in [-0.2, 0) is 0 Å². The molecule has 1 saturated heterocycles. The lowest BCUT2D eigenvalue weighted by Crippen LogP contribution is -2.32. The van der Waals surface area contributed by atoms with Gasteiger partial charge in [0, 0.05) is 35.0 Å². The van der Waals surface area contributed by atoms with Crippen molar-refractivity contribution >= 4 is 23.3 Å². The Hall–Kier alpha value is -0.260. The number of rotatable bonds is 1. The predicted molar refractivity (Wildman–Crippen MR) is 53.0 cm³/mol. The summed E-state index contributed by atoms with van der Waals surface area (Å²) in [7, 11) is 0. The zero-order valence-corrected chi connectivity index (χ0v) is 8.13. The first kappa shape index (κ1) is 8.34. The van der Waals surface area contributed by atoms with Gasteiger partial charge in [-0.15, -0.1) is 0 Å². The van der Waals surface area contributed by atoms with Gasteiger partial charge in [-0.3, -0.25) is 9.17 Å². The Labute approximate surface area is 78.7 Å². The van der Waals surface area contributed by atoms with E-state index in [2.05, 4.69) is 9.69 Å². The highest BCUT2D eigenvalue weighted by Gasteiger charge is 2.17. The summed E-state index contributed by atoms with van der Waals surface area (Å²) >= 11 is 3.27. The summed E-state index contributed by atoms with van der Waals surface area (Å²) in [6, 6.07) is 0.263. The van der Waals surface area contributed by atoms with E-state index in [-0.39, 0.29) is 11.6 Å². The minimum atomic E-state index is 0.0694. The molecule has 1 aromatic rings. The van der Waals surface area contributed by atoms with Crippen LogP contribution in [0.15, 0.2) is 10.2 Å². The molecular weight excluding hydrogens is 192 g/mol. The largest absolute Gasteiger partial charge is 0.308 e. The van der Waals surface area contributed by atoms with Crippen molar-refractivity contribution in [1.82, 2.24) is 9.69 Å². The first-order valence-electron chi connectivity index (χ1n) is 3.85. The van der Waals surface area contributed by atoms with Crippen LogP contribution in [-0.4, -0.2) is 22.4 Å². The summed E-state index contributed by atoms with van der Waals surface area (Å²) < 4.78 is 2.70. The van der Waals surface area contributed by atoms with Crippen LogP contribution in [0, 0.1) is 0 Å². The number of aromatic nitrogens is 1. The summed E-state index contributed by atoms with van der Waals surface area (Å²) in [5.41, 5.74) is 0.965. The maximum absolute atomic E-state index is 11.2. The van der Waals surface area contributed by atoms with Gasteiger partial charge < -0.3 is 5.32 Å². The Bertz CT molecular complexity index is 300. The molecule has 1 aliphatic rings. The van der Waals surface area contributed by atoms with Gasteiger partial charge in [0.15, 0.2) is 0 Å². The van der Waals surface area contributed by atoms with Crippen LogP contribution in [0.1, 0.15) is 11.6 Å². The smallest absolute Gasteiger partial charge is 0.262 e. The molecule has 1 unspecified atom stereocenters. The van der Waals surface area contributed by atoms with Gasteiger partial charge in [-0.25, -0.2) is 0 Å². The van der Waals surface area contributed by atoms with Crippen molar-refractivity contribution in [3.8, 4) is 0 Å². The van der Waals surface area contributed by atoms with Gasteiger partial charge in [0.25, 0.3) is 5.56 Å². The lowest BCUT2D eigenvalue weighted by atomic mass is 10.2. The van der Waals surface area contributed by atoms with Crippen LogP contribution in [0.25, 0.3) is 0 Å². The third kappa shape index (κ3) is 1.57. The molecule has 0 aromatic carbocycles. The standard InChI is InChI=1S/C7H10N2OS2/c10-7-5(3-12-9-7)6-4-11-2-1-8-6/h3,6,8H,1-2,4H2,(H,9,10). The van der Waals surface area contributed by atoms with Gasteiger partial charge in [-0.1, -0.05) is 11.5 Å². The number of thioether (sulfide) groups is 1. The molecule has 1 aliphatic heterocycles. The van der Waals surface area contributed by atoms with Crippen LogP contribution in [0.3, 0.4) is 0 Å². The van der Waals surface area contributed by atoms with Crippen molar-refractivity contribution < 1.29 is 0 Å². The fourth-order valence-electron chi connectivity index (χ4n) is 1.26. The van der Waals surface area contributed by atoms with Crippen molar-refractivity contribution in [1.29, 1.82) is 0 Å². The molecular formula is C7H10N2OS2. The molecule has 66 valence electrons. The van der Waals surface area contributed by atoms with E-state index in [1.54, 1.807) is 0 Å². The Morgan fingerprint density at radius 2 is 2.50 bits per heavy atom. The molecule has 1 aromatic heterocycles. The Morgan fingerprint density at radius 1 is 1.58 bits per heavy atom. The maximum atomic E-state index is 11.2. The molecule has 1 fully saturated rings. The summed E-state index contributed by atoms with van der Waals surface area (Å²) in [5.74, 6) is 2.17. The predicted octanol–water partition coefficient (Wildman–Crippen LogP) is 0.814. The molecule has 12 heavy (non-hydrogen) atoms. The van der Waals surface area contributed by atoms with Gasteiger partial charge in [-0.2, -0.15) is 11.8 Å². The Balaban J connectivity index is 2.18. The molecule has 2 rings (SSSR count). The second-order valence-electron chi connectivity index (χ2n) is 2.70. The fourth-order valence-corrected chi connectivity index (χ4v) is 2.91. The normalized spacial score (nSPS) is 24.2. The highest BCUT2D eigenvalue weighted by atomic mass is 32.2. The number of nitrogens with one attached hydrogen (secondary N) is 2. The monoisotopic (exact) mass is 202 g/mol. The first-order valence-corrected chi connectivity index (χ1v) is 5.88. The summed E-state index contributed by atoms with van der Waals surface area (Å²) in [4.78, 5) is 11.2. The van der Waals surface area contributed by atoms with E-state index in [9.17, 15) is 4.79 Å². The first-order chi connectivity index (χ1) is 5.88. The lowest BCUT2D eigenvalue weighted by Gasteiger charge is -2.21. The molecule has 0 spiro atoms. The van der Waals surface area contributed by atoms with Gasteiger partial charge >= 0.3 is 0 Å². The van der Waals surface area contributed by atoms with E-state index in [1.807, 2.05) is 17.1 Å². The molecule has 5 heteroatoms. The molecule has 0 radical (unpaired) electrons. The summed E-state index contributed by atoms with van der Waals surface area (Å²) in [6.07, 6.45) is 0. The quantitative estimate of drug-likeness (QED) is 0.708. The van der Waals surface area contributed by atoms with Crippen LogP contribution in [0.4, 0.5) is 0 Å². The average molecular weight is 202 g/mol. The van der Waals surface area contributed by atoms with E-state index in [4.69, 9.17) is 0 Å². The van der Waals surface area contributed by atoms with Crippen molar-refractivity contribution in [2.24, 2.45) is 0 Å². The number of aromatic amines is 1. The van der Waals surface area contributed by atoms with E-state index in [1.165, 1.54) is 11.5 Å². The van der Waals surface area contributed by atoms with Crippen LogP contribution >= 0.6 is 23.3 Å². The molecule has 0 saturated carbocycles. The number of hydrogen-bond acceptors (Lipinski definition) is 4. The molecule has 2 N–H and O–H groups in total. The highest BCUT2D eigenvalue weighted by molar-refractivity contribution is 7.99. The highest BCUT2D eigenvalue weighted by Crippen LogP contribution is 2.19. The Morgan fingerprint density at radius 3 is 3.08 bits per heavy atom. The van der Waals surface area contributed by atoms with Crippen LogP contribution in [0.2, 0.25) is 0 Å². The van der Waals surface area contributed by atoms with Gasteiger partial charge in [0.1, 0.15) is 0 Å². The molecule has 2 heterocycles. The second kappa shape index (κ2) is 3.64. The van der Waals surface area contributed by atoms with E-state index in [0.717, 1.165) is 23.6 Å². The number of hydrogen-bond donors (Lipinski definition) is 2. The van der Waals surface area contributed by atoms with E-state index < -0.39 is 0 Å².